The summed E-state index contributed by atoms with van der Waals surface area (Å²) >= 11 is 0. The molecular weight excluding hydrogens is 1040 g/mol. The zero-order valence-electron chi connectivity index (χ0n) is 47.9. The third kappa shape index (κ3) is 7.11. The first-order valence-electron chi connectivity index (χ1n) is 27.6. The molecule has 0 radical (unpaired) electrons. The summed E-state index contributed by atoms with van der Waals surface area (Å²) in [6.45, 7) is 6.53. The van der Waals surface area contributed by atoms with Crippen LogP contribution in [0.4, 0.5) is 0 Å². The van der Waals surface area contributed by atoms with Gasteiger partial charge in [-0.25, -0.2) is 4.98 Å². The Morgan fingerprint density at radius 1 is 0.557 bits per heavy atom. The number of hydrogen-bond donors (Lipinski definition) is 0. The number of nitrogens with zero attached hydrogens (tertiary/aromatic N) is 4. The second kappa shape index (κ2) is 17.1. The van der Waals surface area contributed by atoms with Gasteiger partial charge in [-0.2, -0.15) is 18.2 Å². The van der Waals surface area contributed by atoms with Gasteiger partial charge in [-0.05, 0) is 95.9 Å². The van der Waals surface area contributed by atoms with E-state index in [4.69, 9.17) is 17.9 Å². The molecule has 1 aliphatic rings. The van der Waals surface area contributed by atoms with Crippen LogP contribution in [0.2, 0.25) is 0 Å². The van der Waals surface area contributed by atoms with Crippen molar-refractivity contribution >= 4 is 32.8 Å². The number of hydrogen-bond acceptors (Lipinski definition) is 2. The molecule has 3 aromatic heterocycles. The maximum absolute atomic E-state index is 9.36. The van der Waals surface area contributed by atoms with Crippen LogP contribution in [0, 0.1) is 18.5 Å². The summed E-state index contributed by atoms with van der Waals surface area (Å²) in [7, 11) is 0. The van der Waals surface area contributed by atoms with Gasteiger partial charge in [0, 0.05) is 44.3 Å². The SMILES string of the molecule is [2H]c1c([2H])c([2H])c(-c2cccc3c2-c2cccc(-c4c([2H])c([2H])c([2H])c([2H])c4[2H])c2-[n+]2[c-]n(-c4[c-]c(Oc5[c-]c6c(cc5)c5ccccc5n6-c5cc(C(C)(C)C)ccn5)ccc4)c4cccc(c42)-c2ccccc2-3)c([2H])c1[2H].[Pt]. The monoisotopic (exact) mass is 1090 g/mol. The number of imidazole rings is 1. The second-order valence-corrected chi connectivity index (χ2v) is 18.0. The van der Waals surface area contributed by atoms with Crippen LogP contribution in [0.15, 0.2) is 212 Å². The average molecular weight is 1090 g/mol. The van der Waals surface area contributed by atoms with Crippen LogP contribution >= 0.6 is 0 Å². The van der Waals surface area contributed by atoms with Crippen LogP contribution < -0.4 is 9.30 Å². The van der Waals surface area contributed by atoms with Crippen molar-refractivity contribution in [1.29, 1.82) is 0 Å². The molecule has 0 saturated carbocycles. The van der Waals surface area contributed by atoms with E-state index in [9.17, 15) is 5.48 Å². The molecule has 0 saturated heterocycles. The van der Waals surface area contributed by atoms with Gasteiger partial charge < -0.3 is 13.9 Å². The summed E-state index contributed by atoms with van der Waals surface area (Å²) in [6.07, 6.45) is 5.49. The number of benzene rings is 9. The van der Waals surface area contributed by atoms with Crippen molar-refractivity contribution in [2.75, 3.05) is 0 Å². The summed E-state index contributed by atoms with van der Waals surface area (Å²) in [6, 6.07) is 48.7. The summed E-state index contributed by atoms with van der Waals surface area (Å²) < 4.78 is 102. The fraction of sp³-hybridized carbons (Fsp3) is 0.0625. The summed E-state index contributed by atoms with van der Waals surface area (Å²) in [4.78, 5) is 4.84. The van der Waals surface area contributed by atoms with Crippen molar-refractivity contribution in [3.8, 4) is 84.3 Å². The summed E-state index contributed by atoms with van der Waals surface area (Å²) in [5, 5.41) is 2.03. The fourth-order valence-electron chi connectivity index (χ4n) is 9.82. The predicted molar refractivity (Wildman–Crippen MR) is 279 cm³/mol. The van der Waals surface area contributed by atoms with E-state index in [0.717, 1.165) is 49.9 Å². The van der Waals surface area contributed by atoms with E-state index in [0.29, 0.717) is 56.2 Å². The number of para-hydroxylation sites is 3. The molecule has 0 fully saturated rings. The minimum absolute atomic E-state index is 0. The van der Waals surface area contributed by atoms with E-state index < -0.39 is 60.4 Å². The molecule has 1 aliphatic heterocycles. The minimum atomic E-state index is -0.544. The van der Waals surface area contributed by atoms with Crippen molar-refractivity contribution in [1.82, 2.24) is 14.1 Å². The number of fused-ring (bicyclic) bond motifs is 10. The Kier molecular flexibility index (Phi) is 8.18. The third-order valence-electron chi connectivity index (χ3n) is 12.9. The molecule has 4 heterocycles. The zero-order chi connectivity index (χ0) is 54.9. The number of ether oxygens (including phenoxy) is 1. The molecule has 0 spiro atoms. The number of aromatic nitrogens is 4. The maximum Gasteiger partial charge on any atom is 0.268 e. The molecule has 0 atom stereocenters. The van der Waals surface area contributed by atoms with Crippen molar-refractivity contribution in [3.05, 3.63) is 236 Å². The molecule has 5 nitrogen and oxygen atoms in total. The fourth-order valence-corrected chi connectivity index (χ4v) is 9.82. The van der Waals surface area contributed by atoms with E-state index in [1.165, 1.54) is 0 Å². The van der Waals surface area contributed by atoms with Gasteiger partial charge in [-0.1, -0.05) is 184 Å². The van der Waals surface area contributed by atoms with Crippen molar-refractivity contribution < 1.29 is 44.1 Å². The molecule has 338 valence electrons. The van der Waals surface area contributed by atoms with Gasteiger partial charge in [0.05, 0.1) is 30.4 Å². The zero-order valence-corrected chi connectivity index (χ0v) is 40.2. The van der Waals surface area contributed by atoms with Crippen molar-refractivity contribution in [3.63, 3.8) is 0 Å². The largest absolute Gasteiger partial charge is 0.510 e. The van der Waals surface area contributed by atoms with Crippen LogP contribution in [0.1, 0.15) is 40.0 Å². The molecule has 0 N–H and O–H groups in total. The first-order chi connectivity index (χ1) is 38.0. The Labute approximate surface area is 435 Å². The van der Waals surface area contributed by atoms with E-state index in [1.54, 1.807) is 24.3 Å². The Bertz CT molecular complexity index is 4540. The van der Waals surface area contributed by atoms with Crippen LogP contribution in [0.25, 0.3) is 106 Å². The molecule has 70 heavy (non-hydrogen) atoms. The van der Waals surface area contributed by atoms with Gasteiger partial charge in [-0.3, -0.25) is 4.57 Å². The van der Waals surface area contributed by atoms with Gasteiger partial charge in [0.25, 0.3) is 6.33 Å². The molecule has 9 aromatic carbocycles. The summed E-state index contributed by atoms with van der Waals surface area (Å²) in [5.41, 5.74) is 9.47. The first-order valence-corrected chi connectivity index (χ1v) is 22.6. The molecule has 13 rings (SSSR count). The molecule has 0 aliphatic carbocycles. The number of pyridine rings is 1. The van der Waals surface area contributed by atoms with Gasteiger partial charge in [0.2, 0.25) is 0 Å². The molecule has 12 aromatic rings. The predicted octanol–water partition coefficient (Wildman–Crippen LogP) is 15.5. The van der Waals surface area contributed by atoms with Crippen molar-refractivity contribution in [2.24, 2.45) is 0 Å². The van der Waals surface area contributed by atoms with E-state index >= 15 is 0 Å². The van der Waals surface area contributed by atoms with Gasteiger partial charge >= 0.3 is 0 Å². The minimum Gasteiger partial charge on any atom is -0.510 e. The topological polar surface area (TPSA) is 35.9 Å². The Balaban J connectivity index is 0.00000637. The quantitative estimate of drug-likeness (QED) is 0.123. The molecule has 0 amide bonds. The molecule has 0 unspecified atom stereocenters. The van der Waals surface area contributed by atoms with Crippen LogP contribution in [0.5, 0.6) is 11.5 Å². The van der Waals surface area contributed by atoms with Gasteiger partial charge in [0.15, 0.2) is 0 Å². The van der Waals surface area contributed by atoms with Crippen LogP contribution in [0.3, 0.4) is 0 Å². The normalized spacial score (nSPS) is 13.8. The van der Waals surface area contributed by atoms with E-state index in [-0.39, 0.29) is 43.2 Å². The molecule has 0 bridgehead atoms. The Morgan fingerprint density at radius 3 is 1.96 bits per heavy atom. The molecule has 6 heteroatoms. The Morgan fingerprint density at radius 2 is 1.17 bits per heavy atom. The average Bonchev–Trinajstić information content (AvgIpc) is 4.08. The Hall–Kier alpha value is -8.11. The van der Waals surface area contributed by atoms with E-state index in [2.05, 4.69) is 62.0 Å². The van der Waals surface area contributed by atoms with Crippen LogP contribution in [-0.2, 0) is 26.5 Å². The standard InChI is InChI=1S/C64H44N4O.Pt/c1-64(2,3)44-36-37-65-60(38-44)68-57-32-13-12-26-52(57)53-35-34-47(40-59(53)68)69-46-23-14-22-45(39-46)66-41-67-62-49(43-20-8-5-9-21-43)28-16-31-56(62)61-48(42-18-6-4-7-19-42)27-15-29-54(61)50-24-10-11-25-51(50)55-30-17-33-58(66)63(55)67;/h4-38H,1-3H3;/q-2;/i4D,5D,6D,7D,8D,9D,18D,19D,20D,21D;. The summed E-state index contributed by atoms with van der Waals surface area (Å²) in [5.74, 6) is 1.58. The van der Waals surface area contributed by atoms with Gasteiger partial charge in [-0.15, -0.1) is 29.7 Å². The smallest absolute Gasteiger partial charge is 0.268 e. The van der Waals surface area contributed by atoms with E-state index in [1.807, 2.05) is 118 Å². The first kappa shape index (κ1) is 33.4. The van der Waals surface area contributed by atoms with Crippen LogP contribution in [-0.4, -0.2) is 14.1 Å². The van der Waals surface area contributed by atoms with Crippen molar-refractivity contribution in [2.45, 2.75) is 26.2 Å². The maximum atomic E-state index is 9.36. The second-order valence-electron chi connectivity index (χ2n) is 18.0. The van der Waals surface area contributed by atoms with Gasteiger partial charge in [0.1, 0.15) is 5.82 Å². The molecular formula is C64H44N4OPt-2. The third-order valence-corrected chi connectivity index (χ3v) is 12.9. The number of rotatable bonds is 6.